The largest absolute Gasteiger partial charge is 0.309 e. The molecule has 0 radical (unpaired) electrons. The van der Waals surface area contributed by atoms with Crippen LogP contribution in [-0.2, 0) is 23.2 Å². The normalized spacial score (nSPS) is 14.4. The van der Waals surface area contributed by atoms with Gasteiger partial charge in [-0.2, -0.15) is 5.10 Å². The van der Waals surface area contributed by atoms with Gasteiger partial charge in [0.2, 0.25) is 11.8 Å². The number of amides is 2. The molecule has 1 aliphatic rings. The second-order valence-electron chi connectivity index (χ2n) is 5.31. The summed E-state index contributed by atoms with van der Waals surface area (Å²) < 4.78 is 2.94. The summed E-state index contributed by atoms with van der Waals surface area (Å²) in [5.74, 6) is 0.773. The van der Waals surface area contributed by atoms with Crippen molar-refractivity contribution in [3.05, 3.63) is 18.5 Å². The third-order valence-corrected chi connectivity index (χ3v) is 3.66. The SMILES string of the molecule is Cn1nccc1NC(=O)Cn1cc(NC(=O)C2CCC2)nn1. The minimum Gasteiger partial charge on any atom is -0.309 e. The van der Waals surface area contributed by atoms with Crippen molar-refractivity contribution in [3.63, 3.8) is 0 Å². The minimum absolute atomic E-state index is 0.0114. The average molecular weight is 303 g/mol. The lowest BCUT2D eigenvalue weighted by molar-refractivity contribution is -0.122. The molecule has 2 aromatic rings. The molecule has 2 aromatic heterocycles. The van der Waals surface area contributed by atoms with Gasteiger partial charge in [0, 0.05) is 19.0 Å². The van der Waals surface area contributed by atoms with Gasteiger partial charge in [-0.15, -0.1) is 5.10 Å². The van der Waals surface area contributed by atoms with Gasteiger partial charge in [-0.25, -0.2) is 4.68 Å². The Bertz CT molecular complexity index is 686. The van der Waals surface area contributed by atoms with Crippen molar-refractivity contribution in [3.8, 4) is 0 Å². The number of anilines is 2. The highest BCUT2D eigenvalue weighted by Gasteiger charge is 2.25. The predicted octanol–water partition coefficient (Wildman–Crippen LogP) is 0.389. The first-order valence-electron chi connectivity index (χ1n) is 7.10. The van der Waals surface area contributed by atoms with E-state index in [0.717, 1.165) is 19.3 Å². The van der Waals surface area contributed by atoms with Gasteiger partial charge in [-0.3, -0.25) is 14.3 Å². The molecule has 2 heterocycles. The van der Waals surface area contributed by atoms with E-state index in [1.165, 1.54) is 4.68 Å². The van der Waals surface area contributed by atoms with Crippen molar-refractivity contribution in [1.82, 2.24) is 24.8 Å². The predicted molar refractivity (Wildman–Crippen MR) is 77.8 cm³/mol. The van der Waals surface area contributed by atoms with Crippen LogP contribution >= 0.6 is 0 Å². The second-order valence-corrected chi connectivity index (χ2v) is 5.31. The number of rotatable bonds is 5. The van der Waals surface area contributed by atoms with Crippen LogP contribution in [0, 0.1) is 5.92 Å². The summed E-state index contributed by atoms with van der Waals surface area (Å²) in [6.07, 6.45) is 6.08. The van der Waals surface area contributed by atoms with Crippen molar-refractivity contribution in [2.24, 2.45) is 13.0 Å². The number of aryl methyl sites for hydroxylation is 1. The molecule has 22 heavy (non-hydrogen) atoms. The zero-order chi connectivity index (χ0) is 15.5. The van der Waals surface area contributed by atoms with Crippen LogP contribution in [0.1, 0.15) is 19.3 Å². The standard InChI is InChI=1S/C13H17N7O2/c1-19-11(5-6-14-19)16-12(21)8-20-7-10(17-18-20)15-13(22)9-3-2-4-9/h5-7,9H,2-4,8H2,1H3,(H,15,22)(H,16,21). The minimum atomic E-state index is -0.245. The Morgan fingerprint density at radius 3 is 2.82 bits per heavy atom. The van der Waals surface area contributed by atoms with Crippen LogP contribution in [-0.4, -0.2) is 36.6 Å². The summed E-state index contributed by atoms with van der Waals surface area (Å²) in [4.78, 5) is 23.7. The molecule has 1 saturated carbocycles. The molecule has 0 unspecified atom stereocenters. The van der Waals surface area contributed by atoms with Crippen molar-refractivity contribution in [1.29, 1.82) is 0 Å². The highest BCUT2D eigenvalue weighted by atomic mass is 16.2. The van der Waals surface area contributed by atoms with Gasteiger partial charge >= 0.3 is 0 Å². The summed E-state index contributed by atoms with van der Waals surface area (Å²) in [7, 11) is 1.74. The third kappa shape index (κ3) is 3.13. The maximum Gasteiger partial charge on any atom is 0.247 e. The average Bonchev–Trinajstić information content (AvgIpc) is 2.98. The Balaban J connectivity index is 1.53. The molecule has 1 aliphatic carbocycles. The molecule has 0 saturated heterocycles. The van der Waals surface area contributed by atoms with Gasteiger partial charge < -0.3 is 10.6 Å². The van der Waals surface area contributed by atoms with Gasteiger partial charge in [0.25, 0.3) is 0 Å². The Morgan fingerprint density at radius 2 is 2.18 bits per heavy atom. The maximum absolute atomic E-state index is 11.9. The number of hydrogen-bond acceptors (Lipinski definition) is 5. The molecule has 0 bridgehead atoms. The molecule has 9 nitrogen and oxygen atoms in total. The van der Waals surface area contributed by atoms with Crippen molar-refractivity contribution < 1.29 is 9.59 Å². The number of aromatic nitrogens is 5. The molecule has 1 fully saturated rings. The van der Waals surface area contributed by atoms with E-state index in [1.807, 2.05) is 0 Å². The van der Waals surface area contributed by atoms with Crippen molar-refractivity contribution in [2.75, 3.05) is 10.6 Å². The first-order valence-corrected chi connectivity index (χ1v) is 7.10. The second kappa shape index (κ2) is 5.96. The molecule has 2 amide bonds. The molecular formula is C13H17N7O2. The van der Waals surface area contributed by atoms with E-state index in [4.69, 9.17) is 0 Å². The van der Waals surface area contributed by atoms with Crippen LogP contribution in [0.3, 0.4) is 0 Å². The zero-order valence-corrected chi connectivity index (χ0v) is 12.2. The fourth-order valence-corrected chi connectivity index (χ4v) is 2.16. The zero-order valence-electron chi connectivity index (χ0n) is 12.2. The van der Waals surface area contributed by atoms with Crippen molar-refractivity contribution >= 4 is 23.5 Å². The van der Waals surface area contributed by atoms with Crippen LogP contribution in [0.25, 0.3) is 0 Å². The van der Waals surface area contributed by atoms with E-state index in [0.29, 0.717) is 11.6 Å². The number of hydrogen-bond donors (Lipinski definition) is 2. The van der Waals surface area contributed by atoms with E-state index < -0.39 is 0 Å². The Morgan fingerprint density at radius 1 is 1.36 bits per heavy atom. The van der Waals surface area contributed by atoms with E-state index >= 15 is 0 Å². The smallest absolute Gasteiger partial charge is 0.247 e. The van der Waals surface area contributed by atoms with Crippen LogP contribution in [0.2, 0.25) is 0 Å². The highest BCUT2D eigenvalue weighted by molar-refractivity contribution is 5.92. The lowest BCUT2D eigenvalue weighted by atomic mass is 9.85. The molecule has 0 aliphatic heterocycles. The van der Waals surface area contributed by atoms with Gasteiger partial charge in [-0.05, 0) is 12.8 Å². The highest BCUT2D eigenvalue weighted by Crippen LogP contribution is 2.27. The van der Waals surface area contributed by atoms with Crippen LogP contribution in [0.5, 0.6) is 0 Å². The van der Waals surface area contributed by atoms with Gasteiger partial charge in [0.1, 0.15) is 12.4 Å². The Labute approximate surface area is 126 Å². The number of nitrogens with zero attached hydrogens (tertiary/aromatic N) is 5. The van der Waals surface area contributed by atoms with Gasteiger partial charge in [0.15, 0.2) is 5.82 Å². The number of nitrogens with one attached hydrogen (secondary N) is 2. The summed E-state index contributed by atoms with van der Waals surface area (Å²) in [5.41, 5.74) is 0. The van der Waals surface area contributed by atoms with Gasteiger partial charge in [0.05, 0.1) is 12.4 Å². The third-order valence-electron chi connectivity index (χ3n) is 3.66. The molecule has 2 N–H and O–H groups in total. The van der Waals surface area contributed by atoms with Crippen LogP contribution in [0.15, 0.2) is 18.5 Å². The first kappa shape index (κ1) is 14.2. The topological polar surface area (TPSA) is 107 Å². The monoisotopic (exact) mass is 303 g/mol. The molecule has 0 atom stereocenters. The summed E-state index contributed by atoms with van der Waals surface area (Å²) in [6.45, 7) is 0.0114. The Kier molecular flexibility index (Phi) is 3.86. The van der Waals surface area contributed by atoms with E-state index in [2.05, 4.69) is 26.0 Å². The fraction of sp³-hybridized carbons (Fsp3) is 0.462. The summed E-state index contributed by atoms with van der Waals surface area (Å²) >= 11 is 0. The molecule has 0 spiro atoms. The lowest BCUT2D eigenvalue weighted by Gasteiger charge is -2.23. The van der Waals surface area contributed by atoms with Crippen molar-refractivity contribution in [2.45, 2.75) is 25.8 Å². The Hall–Kier alpha value is -2.71. The quantitative estimate of drug-likeness (QED) is 0.831. The van der Waals surface area contributed by atoms with E-state index in [1.54, 1.807) is 30.2 Å². The number of carbonyl (C=O) groups is 2. The fourth-order valence-electron chi connectivity index (χ4n) is 2.16. The first-order chi connectivity index (χ1) is 10.6. The van der Waals surface area contributed by atoms with E-state index in [9.17, 15) is 9.59 Å². The van der Waals surface area contributed by atoms with Gasteiger partial charge in [-0.1, -0.05) is 11.6 Å². The lowest BCUT2D eigenvalue weighted by Crippen LogP contribution is -2.28. The molecule has 0 aromatic carbocycles. The molecular weight excluding hydrogens is 286 g/mol. The van der Waals surface area contributed by atoms with Crippen LogP contribution < -0.4 is 10.6 Å². The molecule has 3 rings (SSSR count). The van der Waals surface area contributed by atoms with E-state index in [-0.39, 0.29) is 24.3 Å². The maximum atomic E-state index is 11.9. The summed E-state index contributed by atoms with van der Waals surface area (Å²) in [5, 5.41) is 17.1. The van der Waals surface area contributed by atoms with Crippen LogP contribution in [0.4, 0.5) is 11.6 Å². The summed E-state index contributed by atoms with van der Waals surface area (Å²) in [6, 6.07) is 1.70. The molecule has 9 heteroatoms. The number of carbonyl (C=O) groups excluding carboxylic acids is 2. The molecule has 116 valence electrons.